The third-order valence-electron chi connectivity index (χ3n) is 24.4. The Balaban J connectivity index is 0.000000129. The first-order valence-electron chi connectivity index (χ1n) is 43.5. The van der Waals surface area contributed by atoms with E-state index in [-0.39, 0.29) is 60.1 Å². The number of carbonyl (C=O) groups excluding carboxylic acids is 13. The minimum Gasteiger partial charge on any atom is -0.465 e. The number of benzene rings is 15. The second-order valence-electron chi connectivity index (χ2n) is 32.2. The molecule has 27 nitrogen and oxygen atoms in total. The molecule has 0 saturated carbocycles. The SMILES string of the molecule is COC(=O)c1cnc2c3ccc(C(=O)Oc4ccccc4)c4c(C)cnc(c5ccc(C(=O)Oc6ccccc6)c1c52)c43.COC(=O)c1cnc2c3ccc(C(=O)Oc4ccccc4)c4c(C)cnc(c5cccc1c52)c43.NCCc1ccccc1.O=C1c2ccc3c4ncc5c6c(ccc(c7ncc(c2c37)C(=O)N1CCc1ccccc1)c64)C(=O)N(CCc1ccccc1)C5=O.O=C=O.O=C=O. The lowest BCUT2D eigenvalue weighted by molar-refractivity contribution is -0.193. The third kappa shape index (κ3) is 16.4. The number of hydrogen-bond donors (Lipinski definition) is 1. The molecule has 0 saturated heterocycles. The average molecular weight is 1820 g/mol. The van der Waals surface area contributed by atoms with Crippen LogP contribution in [0.4, 0.5) is 0 Å². The maximum Gasteiger partial charge on any atom is 0.373 e. The van der Waals surface area contributed by atoms with Gasteiger partial charge in [0.05, 0.1) is 86.3 Å². The molecule has 21 aromatic rings. The Morgan fingerprint density at radius 1 is 0.275 bits per heavy atom. The van der Waals surface area contributed by atoms with Gasteiger partial charge in [0, 0.05) is 158 Å². The average Bonchev–Trinajstić information content (AvgIpc) is 0.699. The number of nitrogens with zero attached hydrogens (tertiary/aromatic N) is 8. The Bertz CT molecular complexity index is 8220. The zero-order valence-corrected chi connectivity index (χ0v) is 74.0. The normalized spacial score (nSPS) is 11.9. The molecule has 0 radical (unpaired) electrons. The van der Waals surface area contributed by atoms with E-state index in [1.807, 2.05) is 159 Å². The number of esters is 5. The largest absolute Gasteiger partial charge is 0.465 e. The zero-order chi connectivity index (χ0) is 96.1. The molecule has 4 amide bonds. The second kappa shape index (κ2) is 38.7. The summed E-state index contributed by atoms with van der Waals surface area (Å²) in [4.78, 5) is 184. The Hall–Kier alpha value is -18.6. The van der Waals surface area contributed by atoms with Gasteiger partial charge in [-0.2, -0.15) is 19.2 Å². The molecule has 0 bridgehead atoms. The number of ether oxygens (including phenoxy) is 5. The second-order valence-corrected chi connectivity index (χ2v) is 32.2. The van der Waals surface area contributed by atoms with Crippen LogP contribution in [0, 0.1) is 13.8 Å². The number of amides is 4. The summed E-state index contributed by atoms with van der Waals surface area (Å²) in [5, 5.41) is 12.6. The number of aromatic nitrogens is 6. The predicted molar refractivity (Wildman–Crippen MR) is 516 cm³/mol. The summed E-state index contributed by atoms with van der Waals surface area (Å²) in [7, 11) is 2.63. The van der Waals surface area contributed by atoms with E-state index in [0.717, 1.165) is 84.0 Å². The molecular weight excluding hydrogens is 1750 g/mol. The first-order chi connectivity index (χ1) is 67.3. The molecule has 2 aliphatic heterocycles. The van der Waals surface area contributed by atoms with Gasteiger partial charge in [-0.25, -0.2) is 24.0 Å². The van der Waals surface area contributed by atoms with Crippen molar-refractivity contribution in [2.45, 2.75) is 33.1 Å². The van der Waals surface area contributed by atoms with Gasteiger partial charge in [0.15, 0.2) is 0 Å². The molecule has 0 aliphatic carbocycles. The van der Waals surface area contributed by atoms with Crippen molar-refractivity contribution in [3.05, 3.63) is 376 Å². The number of pyridine rings is 6. The van der Waals surface area contributed by atoms with E-state index >= 15 is 0 Å². The van der Waals surface area contributed by atoms with Crippen molar-refractivity contribution in [3.63, 3.8) is 0 Å². The topological polar surface area (TPSA) is 378 Å². The minimum absolute atomic E-state index is 0.123. The van der Waals surface area contributed by atoms with Crippen LogP contribution in [-0.4, -0.2) is 139 Å². The third-order valence-corrected chi connectivity index (χ3v) is 24.4. The molecule has 23 rings (SSSR count). The fourth-order valence-electron chi connectivity index (χ4n) is 18.4. The molecule has 672 valence electrons. The summed E-state index contributed by atoms with van der Waals surface area (Å²) in [5.41, 5.74) is 17.4. The fraction of sp³-hybridized carbons (Fsp3) is 0.0901. The van der Waals surface area contributed by atoms with E-state index in [9.17, 15) is 43.2 Å². The van der Waals surface area contributed by atoms with E-state index < -0.39 is 29.8 Å². The van der Waals surface area contributed by atoms with E-state index in [4.69, 9.17) is 68.5 Å². The molecule has 138 heavy (non-hydrogen) atoms. The quantitative estimate of drug-likeness (QED) is 0.0309. The van der Waals surface area contributed by atoms with Gasteiger partial charge in [-0.3, -0.25) is 58.9 Å². The molecule has 0 fully saturated rings. The van der Waals surface area contributed by atoms with Gasteiger partial charge in [-0.15, -0.1) is 0 Å². The highest BCUT2D eigenvalue weighted by atomic mass is 16.5. The van der Waals surface area contributed by atoms with Crippen LogP contribution < -0.4 is 19.9 Å². The summed E-state index contributed by atoms with van der Waals surface area (Å²) in [6.07, 6.45) is 12.1. The molecule has 15 aromatic carbocycles. The lowest BCUT2D eigenvalue weighted by Crippen LogP contribution is -2.41. The van der Waals surface area contributed by atoms with E-state index in [1.54, 1.807) is 134 Å². The lowest BCUT2D eigenvalue weighted by Gasteiger charge is -2.29. The van der Waals surface area contributed by atoms with Gasteiger partial charge in [0.1, 0.15) is 17.2 Å². The Labute approximate surface area is 783 Å². The van der Waals surface area contributed by atoms with Crippen LogP contribution in [-0.2, 0) is 47.9 Å². The fourth-order valence-corrected chi connectivity index (χ4v) is 18.4. The monoisotopic (exact) mass is 1820 g/mol. The number of para-hydroxylation sites is 3. The molecule has 8 heterocycles. The van der Waals surface area contributed by atoms with Gasteiger partial charge >= 0.3 is 42.1 Å². The van der Waals surface area contributed by atoms with Gasteiger partial charge in [0.25, 0.3) is 23.6 Å². The van der Waals surface area contributed by atoms with Crippen LogP contribution >= 0.6 is 0 Å². The number of fused-ring (bicyclic) bond motifs is 6. The van der Waals surface area contributed by atoms with Crippen molar-refractivity contribution in [3.8, 4) is 17.2 Å². The van der Waals surface area contributed by atoms with E-state index in [0.29, 0.717) is 150 Å². The van der Waals surface area contributed by atoms with Crippen LogP contribution in [0.1, 0.15) is 121 Å². The lowest BCUT2D eigenvalue weighted by atomic mass is 9.86. The number of carbonyl (C=O) groups is 9. The molecule has 0 atom stereocenters. The van der Waals surface area contributed by atoms with Crippen molar-refractivity contribution >= 4 is 196 Å². The molecule has 6 aromatic heterocycles. The standard InChI is InChI=1S/C38H24N4O4.C35H22N2O6.C28H18N2O4.C8H11N.2CO2/c43-35-25-13-11-23-31-29(25)27(37(45)41(35)17-15-21-7-3-1-4-8-21)19-39-33(31)24-12-14-26-30-28(20-40-34(23)32(24)30)38(46)42(36(26)44)18-16-22-9-5-2-6-10-22;1-19-17-36-31-23-14-16-25(35(40)43-21-11-7-4-8-12-21)28-26(33(38)41-2)18-37-32(30(23)28)22-13-15-24(27(19)29(22)31)34(39)42-20-9-5-3-6-10-20;1-15-13-29-26-18-10-6-9-17-21(27(31)33-2)14-30-25(23(17)18)19-11-12-20(22(15)24(19)26)28(32)34-16-7-4-3-5-8-16;9-7-6-8-4-2-1-3-5-8;2*2-1-3/h1-14,19-20H,15-18H2;3-18H,1-2H3;3-14H,1-2H3;1-5H,6-7,9H2;;. The Morgan fingerprint density at radius 3 is 0.928 bits per heavy atom. The van der Waals surface area contributed by atoms with Gasteiger partial charge in [-0.05, 0) is 134 Å². The highest BCUT2D eigenvalue weighted by Crippen LogP contribution is 2.48. The number of rotatable bonds is 16. The van der Waals surface area contributed by atoms with Gasteiger partial charge in [-0.1, -0.05) is 194 Å². The van der Waals surface area contributed by atoms with Crippen LogP contribution in [0.15, 0.2) is 298 Å². The van der Waals surface area contributed by atoms with Crippen molar-refractivity contribution in [2.75, 3.05) is 33.9 Å². The van der Waals surface area contributed by atoms with Crippen molar-refractivity contribution < 1.29 is 86.0 Å². The van der Waals surface area contributed by atoms with E-state index in [2.05, 4.69) is 22.1 Å². The molecular formula is C111H75N9O18. The summed E-state index contributed by atoms with van der Waals surface area (Å²) in [5.74, 6) is -2.79. The summed E-state index contributed by atoms with van der Waals surface area (Å²) < 4.78 is 27.0. The number of aryl methyl sites for hydroxylation is 2. The number of imide groups is 2. The summed E-state index contributed by atoms with van der Waals surface area (Å²) in [6, 6.07) is 79.8. The summed E-state index contributed by atoms with van der Waals surface area (Å²) in [6.45, 7) is 5.07. The zero-order valence-electron chi connectivity index (χ0n) is 74.0. The van der Waals surface area contributed by atoms with Crippen molar-refractivity contribution in [1.29, 1.82) is 0 Å². The first-order valence-corrected chi connectivity index (χ1v) is 43.5. The number of methoxy groups -OCH3 is 2. The Morgan fingerprint density at radius 2 is 0.558 bits per heavy atom. The summed E-state index contributed by atoms with van der Waals surface area (Å²) >= 11 is 0. The maximum absolute atomic E-state index is 13.8. The van der Waals surface area contributed by atoms with Crippen LogP contribution in [0.3, 0.4) is 0 Å². The number of nitrogens with two attached hydrogens (primary N) is 1. The van der Waals surface area contributed by atoms with Crippen molar-refractivity contribution in [1.82, 2.24) is 39.7 Å². The molecule has 2 aliphatic rings. The molecule has 0 spiro atoms. The maximum atomic E-state index is 13.8. The highest BCUT2D eigenvalue weighted by molar-refractivity contribution is 6.41. The molecule has 27 heteroatoms. The van der Waals surface area contributed by atoms with Crippen LogP contribution in [0.5, 0.6) is 17.2 Å². The first kappa shape index (κ1) is 90.0. The van der Waals surface area contributed by atoms with Crippen LogP contribution in [0.2, 0.25) is 0 Å². The Kier molecular flexibility index (Phi) is 25.2. The van der Waals surface area contributed by atoms with E-state index in [1.165, 1.54) is 35.8 Å². The van der Waals surface area contributed by atoms with Gasteiger partial charge in [0.2, 0.25) is 0 Å². The molecule has 2 N–H and O–H groups in total. The minimum atomic E-state index is -0.642. The smallest absolute Gasteiger partial charge is 0.373 e. The van der Waals surface area contributed by atoms with Crippen LogP contribution in [0.25, 0.3) is 130 Å². The number of hydrogen-bond acceptors (Lipinski definition) is 25. The van der Waals surface area contributed by atoms with Crippen molar-refractivity contribution in [2.24, 2.45) is 5.73 Å². The van der Waals surface area contributed by atoms with Gasteiger partial charge < -0.3 is 29.4 Å². The molecule has 0 unspecified atom stereocenters. The highest BCUT2D eigenvalue weighted by Gasteiger charge is 2.39. The predicted octanol–water partition coefficient (Wildman–Crippen LogP) is 19.1.